The molecule has 1 aromatic heterocycles. The third kappa shape index (κ3) is 3.07. The summed E-state index contributed by atoms with van der Waals surface area (Å²) in [6.45, 7) is 0. The Balaban J connectivity index is 1.81. The highest BCUT2D eigenvalue weighted by Gasteiger charge is 2.13. The monoisotopic (exact) mass is 353 g/mol. The van der Waals surface area contributed by atoms with Crippen LogP contribution in [0.5, 0.6) is 0 Å². The van der Waals surface area contributed by atoms with Crippen LogP contribution in [0.1, 0.15) is 5.56 Å². The zero-order valence-corrected chi connectivity index (χ0v) is 13.5. The Morgan fingerprint density at radius 1 is 1.14 bits per heavy atom. The van der Waals surface area contributed by atoms with Crippen LogP contribution in [-0.4, -0.2) is 5.91 Å². The molecule has 0 saturated heterocycles. The number of rotatable bonds is 3. The van der Waals surface area contributed by atoms with Crippen LogP contribution in [0.2, 0.25) is 15.1 Å². The second-order valence-corrected chi connectivity index (χ2v) is 5.95. The van der Waals surface area contributed by atoms with Gasteiger partial charge in [-0.25, -0.2) is 0 Å². The molecule has 0 saturated carbocycles. The van der Waals surface area contributed by atoms with E-state index in [1.54, 1.807) is 42.7 Å². The Morgan fingerprint density at radius 3 is 2.77 bits per heavy atom. The molecule has 0 unspecified atom stereocenters. The Labute approximate surface area is 141 Å². The highest BCUT2D eigenvalue weighted by Crippen LogP contribution is 2.30. The lowest BCUT2D eigenvalue weighted by molar-refractivity contribution is -0.115. The summed E-state index contributed by atoms with van der Waals surface area (Å²) in [6, 6.07) is 10.4. The van der Waals surface area contributed by atoms with Gasteiger partial charge in [-0.1, -0.05) is 40.9 Å². The van der Waals surface area contributed by atoms with Crippen LogP contribution in [0.25, 0.3) is 11.0 Å². The maximum absolute atomic E-state index is 12.2. The van der Waals surface area contributed by atoms with Gasteiger partial charge < -0.3 is 9.73 Å². The minimum absolute atomic E-state index is 0.149. The largest absolute Gasteiger partial charge is 0.464 e. The van der Waals surface area contributed by atoms with E-state index in [4.69, 9.17) is 39.2 Å². The smallest absolute Gasteiger partial charge is 0.228 e. The molecule has 22 heavy (non-hydrogen) atoms. The van der Waals surface area contributed by atoms with Crippen molar-refractivity contribution < 1.29 is 9.21 Å². The van der Waals surface area contributed by atoms with E-state index < -0.39 is 0 Å². The van der Waals surface area contributed by atoms with Crippen LogP contribution in [0.3, 0.4) is 0 Å². The summed E-state index contributed by atoms with van der Waals surface area (Å²) in [7, 11) is 0. The average molecular weight is 355 g/mol. The number of amides is 1. The van der Waals surface area contributed by atoms with Gasteiger partial charge in [-0.3, -0.25) is 4.79 Å². The highest BCUT2D eigenvalue weighted by molar-refractivity contribution is 6.44. The zero-order valence-electron chi connectivity index (χ0n) is 11.2. The number of carbonyl (C=O) groups is 1. The van der Waals surface area contributed by atoms with Crippen molar-refractivity contribution in [3.05, 3.63) is 63.3 Å². The van der Waals surface area contributed by atoms with E-state index in [9.17, 15) is 4.79 Å². The van der Waals surface area contributed by atoms with Crippen LogP contribution in [-0.2, 0) is 11.2 Å². The molecule has 0 aliphatic rings. The molecule has 6 heteroatoms. The van der Waals surface area contributed by atoms with Gasteiger partial charge in [-0.05, 0) is 30.3 Å². The number of carbonyl (C=O) groups excluding carboxylic acids is 1. The molecule has 3 nitrogen and oxygen atoms in total. The van der Waals surface area contributed by atoms with E-state index in [-0.39, 0.29) is 12.3 Å². The van der Waals surface area contributed by atoms with Gasteiger partial charge in [-0.2, -0.15) is 0 Å². The first-order valence-corrected chi connectivity index (χ1v) is 7.57. The zero-order chi connectivity index (χ0) is 15.7. The molecule has 1 heterocycles. The molecule has 0 aliphatic heterocycles. The van der Waals surface area contributed by atoms with Crippen LogP contribution >= 0.6 is 34.8 Å². The van der Waals surface area contributed by atoms with E-state index >= 15 is 0 Å². The quantitative estimate of drug-likeness (QED) is 0.667. The van der Waals surface area contributed by atoms with E-state index in [1.165, 1.54) is 0 Å². The minimum atomic E-state index is -0.216. The van der Waals surface area contributed by atoms with Crippen LogP contribution in [0.15, 0.2) is 47.1 Å². The number of benzene rings is 2. The van der Waals surface area contributed by atoms with Gasteiger partial charge in [-0.15, -0.1) is 0 Å². The van der Waals surface area contributed by atoms with Crippen molar-refractivity contribution in [1.29, 1.82) is 0 Å². The lowest BCUT2D eigenvalue weighted by atomic mass is 10.1. The van der Waals surface area contributed by atoms with Crippen molar-refractivity contribution in [2.45, 2.75) is 6.42 Å². The molecule has 1 amide bonds. The molecular formula is C16H10Cl3NO2. The topological polar surface area (TPSA) is 42.2 Å². The molecular weight excluding hydrogens is 345 g/mol. The Bertz CT molecular complexity index is 858. The molecule has 3 aromatic rings. The molecule has 112 valence electrons. The molecule has 0 spiro atoms. The number of fused-ring (bicyclic) bond motifs is 1. The normalized spacial score (nSPS) is 10.9. The van der Waals surface area contributed by atoms with Crippen LogP contribution in [0, 0.1) is 0 Å². The maximum atomic E-state index is 12.2. The van der Waals surface area contributed by atoms with E-state index in [2.05, 4.69) is 5.32 Å². The third-order valence-electron chi connectivity index (χ3n) is 3.19. The van der Waals surface area contributed by atoms with Crippen molar-refractivity contribution in [3.8, 4) is 0 Å². The number of furan rings is 1. The van der Waals surface area contributed by atoms with Crippen molar-refractivity contribution in [1.82, 2.24) is 0 Å². The Kier molecular flexibility index (Phi) is 4.30. The van der Waals surface area contributed by atoms with Gasteiger partial charge in [0, 0.05) is 16.0 Å². The number of hydrogen-bond donors (Lipinski definition) is 1. The SMILES string of the molecule is O=C(Cc1coc2ccc(Cl)cc12)Nc1cccc(Cl)c1Cl. The molecule has 2 aromatic carbocycles. The summed E-state index contributed by atoms with van der Waals surface area (Å²) in [5.74, 6) is -0.216. The summed E-state index contributed by atoms with van der Waals surface area (Å²) in [5.41, 5.74) is 1.92. The summed E-state index contributed by atoms with van der Waals surface area (Å²) in [6.07, 6.45) is 1.70. The molecule has 3 rings (SSSR count). The minimum Gasteiger partial charge on any atom is -0.464 e. The molecule has 0 fully saturated rings. The van der Waals surface area contributed by atoms with Gasteiger partial charge >= 0.3 is 0 Å². The Hall–Kier alpha value is -1.68. The summed E-state index contributed by atoms with van der Waals surface area (Å²) < 4.78 is 5.41. The van der Waals surface area contributed by atoms with Gasteiger partial charge in [0.2, 0.25) is 5.91 Å². The number of nitrogens with one attached hydrogen (secondary N) is 1. The number of halogens is 3. The van der Waals surface area contributed by atoms with Crippen molar-refractivity contribution in [3.63, 3.8) is 0 Å². The fourth-order valence-corrected chi connectivity index (χ4v) is 2.68. The lowest BCUT2D eigenvalue weighted by Gasteiger charge is -2.07. The molecule has 0 aliphatic carbocycles. The highest BCUT2D eigenvalue weighted by atomic mass is 35.5. The van der Waals surface area contributed by atoms with Crippen molar-refractivity contribution in [2.75, 3.05) is 5.32 Å². The molecule has 0 radical (unpaired) electrons. The first kappa shape index (κ1) is 15.2. The number of hydrogen-bond acceptors (Lipinski definition) is 2. The first-order chi connectivity index (χ1) is 10.5. The Morgan fingerprint density at radius 2 is 1.95 bits per heavy atom. The molecule has 0 atom stereocenters. The third-order valence-corrected chi connectivity index (χ3v) is 4.25. The number of anilines is 1. The lowest BCUT2D eigenvalue weighted by Crippen LogP contribution is -2.14. The predicted octanol–water partition coefficient (Wildman–Crippen LogP) is 5.57. The molecule has 1 N–H and O–H groups in total. The summed E-state index contributed by atoms with van der Waals surface area (Å²) in [4.78, 5) is 12.2. The standard InChI is InChI=1S/C16H10Cl3NO2/c17-10-4-5-14-11(7-10)9(8-22-14)6-15(21)20-13-3-1-2-12(18)16(13)19/h1-5,7-8H,6H2,(H,20,21). The average Bonchev–Trinajstić information content (AvgIpc) is 2.86. The van der Waals surface area contributed by atoms with Crippen LogP contribution in [0.4, 0.5) is 5.69 Å². The maximum Gasteiger partial charge on any atom is 0.228 e. The van der Waals surface area contributed by atoms with Crippen molar-refractivity contribution in [2.24, 2.45) is 0 Å². The van der Waals surface area contributed by atoms with E-state index in [1.807, 2.05) is 0 Å². The summed E-state index contributed by atoms with van der Waals surface area (Å²) >= 11 is 18.0. The second-order valence-electron chi connectivity index (χ2n) is 4.73. The first-order valence-electron chi connectivity index (χ1n) is 6.44. The second kappa shape index (κ2) is 6.21. The van der Waals surface area contributed by atoms with Gasteiger partial charge in [0.05, 0.1) is 28.4 Å². The summed E-state index contributed by atoms with van der Waals surface area (Å²) in [5, 5.41) is 4.86. The van der Waals surface area contributed by atoms with Crippen LogP contribution < -0.4 is 5.32 Å². The fourth-order valence-electron chi connectivity index (χ4n) is 2.16. The van der Waals surface area contributed by atoms with E-state index in [0.29, 0.717) is 26.3 Å². The van der Waals surface area contributed by atoms with Gasteiger partial charge in [0.15, 0.2) is 0 Å². The van der Waals surface area contributed by atoms with Crippen molar-refractivity contribution >= 4 is 57.4 Å². The van der Waals surface area contributed by atoms with E-state index in [0.717, 1.165) is 10.9 Å². The van der Waals surface area contributed by atoms with Gasteiger partial charge in [0.1, 0.15) is 5.58 Å². The van der Waals surface area contributed by atoms with Gasteiger partial charge in [0.25, 0.3) is 0 Å². The molecule has 0 bridgehead atoms. The predicted molar refractivity (Wildman–Crippen MR) is 90.0 cm³/mol. The fraction of sp³-hybridized carbons (Fsp3) is 0.0625.